The molecule has 26 heavy (non-hydrogen) atoms. The zero-order chi connectivity index (χ0) is 17.5. The third-order valence-electron chi connectivity index (χ3n) is 4.45. The molecule has 0 aliphatic rings. The van der Waals surface area contributed by atoms with Crippen molar-refractivity contribution in [2.75, 3.05) is 0 Å². The van der Waals surface area contributed by atoms with E-state index in [1.54, 1.807) is 11.3 Å². The second-order valence-electron chi connectivity index (χ2n) is 6.05. The molecule has 0 aliphatic carbocycles. The number of aromatic nitrogens is 2. The number of benzene rings is 3. The van der Waals surface area contributed by atoms with Crippen LogP contribution in [0.25, 0.3) is 42.7 Å². The van der Waals surface area contributed by atoms with Crippen molar-refractivity contribution in [1.82, 2.24) is 9.97 Å². The van der Waals surface area contributed by atoms with E-state index in [-0.39, 0.29) is 5.28 Å². The summed E-state index contributed by atoms with van der Waals surface area (Å²) in [5.74, 6) is 0. The monoisotopic (exact) mass is 372 g/mol. The summed E-state index contributed by atoms with van der Waals surface area (Å²) in [5.41, 5.74) is 3.79. The molecule has 3 aromatic carbocycles. The molecule has 2 heterocycles. The standard InChI is InChI=1S/C22H13ClN2S/c23-22-24-17(14-7-2-1-3-8-14)13-18(25-22)15-10-6-12-20-21(15)16-9-4-5-11-19(16)26-20/h1-13H. The molecule has 0 radical (unpaired) electrons. The van der Waals surface area contributed by atoms with Crippen LogP contribution in [0.2, 0.25) is 5.28 Å². The summed E-state index contributed by atoms with van der Waals surface area (Å²) >= 11 is 8.07. The maximum Gasteiger partial charge on any atom is 0.223 e. The number of halogens is 1. The lowest BCUT2D eigenvalue weighted by atomic mass is 10.0. The van der Waals surface area contributed by atoms with Crippen molar-refractivity contribution in [3.63, 3.8) is 0 Å². The van der Waals surface area contributed by atoms with Crippen molar-refractivity contribution in [2.45, 2.75) is 0 Å². The van der Waals surface area contributed by atoms with Crippen LogP contribution >= 0.6 is 22.9 Å². The lowest BCUT2D eigenvalue weighted by molar-refractivity contribution is 1.18. The highest BCUT2D eigenvalue weighted by Gasteiger charge is 2.13. The second kappa shape index (κ2) is 6.20. The van der Waals surface area contributed by atoms with Crippen LogP contribution in [0, 0.1) is 0 Å². The summed E-state index contributed by atoms with van der Waals surface area (Å²) in [6.07, 6.45) is 0. The van der Waals surface area contributed by atoms with Crippen LogP contribution in [0.5, 0.6) is 0 Å². The van der Waals surface area contributed by atoms with Gasteiger partial charge in [-0.25, -0.2) is 9.97 Å². The average Bonchev–Trinajstić information content (AvgIpc) is 3.07. The minimum absolute atomic E-state index is 0.262. The van der Waals surface area contributed by atoms with E-state index in [4.69, 9.17) is 11.6 Å². The van der Waals surface area contributed by atoms with Crippen LogP contribution in [-0.4, -0.2) is 9.97 Å². The van der Waals surface area contributed by atoms with Crippen molar-refractivity contribution in [3.8, 4) is 22.5 Å². The Balaban J connectivity index is 1.80. The first-order chi connectivity index (χ1) is 12.8. The van der Waals surface area contributed by atoms with Gasteiger partial charge in [0.15, 0.2) is 0 Å². The van der Waals surface area contributed by atoms with E-state index in [2.05, 4.69) is 52.4 Å². The smallest absolute Gasteiger partial charge is 0.218 e. The third kappa shape index (κ3) is 2.57. The molecule has 2 nitrogen and oxygen atoms in total. The Labute approximate surface area is 159 Å². The molecular formula is C22H13ClN2S. The number of thiophene rings is 1. The molecule has 5 aromatic rings. The van der Waals surface area contributed by atoms with Gasteiger partial charge in [0.05, 0.1) is 11.4 Å². The molecule has 0 spiro atoms. The first kappa shape index (κ1) is 15.5. The van der Waals surface area contributed by atoms with E-state index in [0.29, 0.717) is 0 Å². The lowest BCUT2D eigenvalue weighted by Crippen LogP contribution is -1.92. The summed E-state index contributed by atoms with van der Waals surface area (Å²) in [7, 11) is 0. The molecule has 5 rings (SSSR count). The van der Waals surface area contributed by atoms with Crippen molar-refractivity contribution >= 4 is 43.1 Å². The predicted octanol–water partition coefficient (Wildman–Crippen LogP) is 6.83. The van der Waals surface area contributed by atoms with Crippen LogP contribution in [0.15, 0.2) is 78.9 Å². The molecule has 0 saturated carbocycles. The van der Waals surface area contributed by atoms with Crippen LogP contribution in [0.3, 0.4) is 0 Å². The van der Waals surface area contributed by atoms with Gasteiger partial charge in [-0.2, -0.15) is 0 Å². The lowest BCUT2D eigenvalue weighted by Gasteiger charge is -2.07. The van der Waals surface area contributed by atoms with Gasteiger partial charge in [-0.05, 0) is 29.8 Å². The maximum atomic E-state index is 6.27. The van der Waals surface area contributed by atoms with E-state index in [1.165, 1.54) is 20.2 Å². The summed E-state index contributed by atoms with van der Waals surface area (Å²) < 4.78 is 2.53. The summed E-state index contributed by atoms with van der Waals surface area (Å²) in [5, 5.41) is 2.74. The molecule has 0 N–H and O–H groups in total. The van der Waals surface area contributed by atoms with Crippen LogP contribution < -0.4 is 0 Å². The minimum Gasteiger partial charge on any atom is -0.218 e. The largest absolute Gasteiger partial charge is 0.223 e. The van der Waals surface area contributed by atoms with E-state index in [9.17, 15) is 0 Å². The molecule has 0 bridgehead atoms. The molecule has 0 unspecified atom stereocenters. The molecule has 0 amide bonds. The van der Waals surface area contributed by atoms with Gasteiger partial charge in [-0.3, -0.25) is 0 Å². The second-order valence-corrected chi connectivity index (χ2v) is 7.47. The third-order valence-corrected chi connectivity index (χ3v) is 5.75. The highest BCUT2D eigenvalue weighted by molar-refractivity contribution is 7.25. The van der Waals surface area contributed by atoms with Crippen LogP contribution in [0.4, 0.5) is 0 Å². The Kier molecular flexibility index (Phi) is 3.70. The van der Waals surface area contributed by atoms with Gasteiger partial charge in [0.25, 0.3) is 0 Å². The number of hydrogen-bond donors (Lipinski definition) is 0. The molecule has 124 valence electrons. The minimum atomic E-state index is 0.262. The van der Waals surface area contributed by atoms with Crippen molar-refractivity contribution in [2.24, 2.45) is 0 Å². The van der Waals surface area contributed by atoms with Gasteiger partial charge in [-0.1, -0.05) is 60.7 Å². The Morgan fingerprint density at radius 2 is 1.42 bits per heavy atom. The normalized spacial score (nSPS) is 11.3. The van der Waals surface area contributed by atoms with Gasteiger partial charge in [0.2, 0.25) is 5.28 Å². The molecule has 2 aromatic heterocycles. The first-order valence-electron chi connectivity index (χ1n) is 8.30. The van der Waals surface area contributed by atoms with Gasteiger partial charge in [0, 0.05) is 31.3 Å². The Bertz CT molecular complexity index is 1250. The Morgan fingerprint density at radius 1 is 0.692 bits per heavy atom. The topological polar surface area (TPSA) is 25.8 Å². The van der Waals surface area contributed by atoms with E-state index in [1.807, 2.05) is 36.4 Å². The molecule has 0 saturated heterocycles. The fourth-order valence-electron chi connectivity index (χ4n) is 3.30. The zero-order valence-corrected chi connectivity index (χ0v) is 15.3. The molecule has 0 atom stereocenters. The molecule has 4 heteroatoms. The molecule has 0 aliphatic heterocycles. The fraction of sp³-hybridized carbons (Fsp3) is 0. The molecule has 0 fully saturated rings. The van der Waals surface area contributed by atoms with Crippen molar-refractivity contribution in [3.05, 3.63) is 84.1 Å². The maximum absolute atomic E-state index is 6.27. The van der Waals surface area contributed by atoms with Gasteiger partial charge in [0.1, 0.15) is 0 Å². The average molecular weight is 373 g/mol. The quantitative estimate of drug-likeness (QED) is 0.317. The predicted molar refractivity (Wildman–Crippen MR) is 111 cm³/mol. The number of nitrogens with zero attached hydrogens (tertiary/aromatic N) is 2. The number of rotatable bonds is 2. The highest BCUT2D eigenvalue weighted by Crippen LogP contribution is 2.39. The van der Waals surface area contributed by atoms with Crippen LogP contribution in [-0.2, 0) is 0 Å². The first-order valence-corrected chi connectivity index (χ1v) is 9.50. The molecular weight excluding hydrogens is 360 g/mol. The van der Waals surface area contributed by atoms with Gasteiger partial charge in [-0.15, -0.1) is 11.3 Å². The fourth-order valence-corrected chi connectivity index (χ4v) is 4.61. The number of fused-ring (bicyclic) bond motifs is 3. The van der Waals surface area contributed by atoms with E-state index < -0.39 is 0 Å². The van der Waals surface area contributed by atoms with Gasteiger partial charge < -0.3 is 0 Å². The van der Waals surface area contributed by atoms with Crippen molar-refractivity contribution in [1.29, 1.82) is 0 Å². The zero-order valence-electron chi connectivity index (χ0n) is 13.7. The SMILES string of the molecule is Clc1nc(-c2ccccc2)cc(-c2cccc3sc4ccccc4c23)n1. The van der Waals surface area contributed by atoms with E-state index >= 15 is 0 Å². The summed E-state index contributed by atoms with van der Waals surface area (Å²) in [6, 6.07) is 26.9. The Hall–Kier alpha value is -2.75. The highest BCUT2D eigenvalue weighted by atomic mass is 35.5. The van der Waals surface area contributed by atoms with Crippen LogP contribution in [0.1, 0.15) is 0 Å². The van der Waals surface area contributed by atoms with E-state index in [0.717, 1.165) is 22.5 Å². The summed E-state index contributed by atoms with van der Waals surface area (Å²) in [6.45, 7) is 0. The Morgan fingerprint density at radius 3 is 2.31 bits per heavy atom. The number of hydrogen-bond acceptors (Lipinski definition) is 3. The van der Waals surface area contributed by atoms with Crippen molar-refractivity contribution < 1.29 is 0 Å². The van der Waals surface area contributed by atoms with Gasteiger partial charge >= 0.3 is 0 Å². The summed E-state index contributed by atoms with van der Waals surface area (Å²) in [4.78, 5) is 8.94.